The van der Waals surface area contributed by atoms with Crippen molar-refractivity contribution in [1.82, 2.24) is 5.32 Å². The molecule has 1 unspecified atom stereocenters. The standard InChI is InChI=1S/C17H27NO2/c1-13(2)14(3)19-10-11-20-17-8-4-15(5-9-17)12-18-16-6-7-16/h4-5,8-9,13-14,16,18H,6-7,10-12H2,1-3H3. The number of hydrogen-bond acceptors (Lipinski definition) is 3. The Morgan fingerprint density at radius 1 is 1.10 bits per heavy atom. The molecule has 0 saturated heterocycles. The lowest BCUT2D eigenvalue weighted by Gasteiger charge is -2.16. The summed E-state index contributed by atoms with van der Waals surface area (Å²) in [6.45, 7) is 8.65. The fourth-order valence-electron chi connectivity index (χ4n) is 1.84. The zero-order chi connectivity index (χ0) is 14.4. The Morgan fingerprint density at radius 3 is 2.40 bits per heavy atom. The van der Waals surface area contributed by atoms with Crippen LogP contribution in [0.4, 0.5) is 0 Å². The lowest BCUT2D eigenvalue weighted by Crippen LogP contribution is -2.19. The Hall–Kier alpha value is -1.06. The highest BCUT2D eigenvalue weighted by atomic mass is 16.5. The zero-order valence-electron chi connectivity index (χ0n) is 12.9. The van der Waals surface area contributed by atoms with Crippen molar-refractivity contribution in [3.8, 4) is 5.75 Å². The normalized spacial score (nSPS) is 16.4. The maximum absolute atomic E-state index is 5.69. The van der Waals surface area contributed by atoms with Gasteiger partial charge in [-0.05, 0) is 43.4 Å². The lowest BCUT2D eigenvalue weighted by molar-refractivity contribution is 0.0188. The average Bonchev–Trinajstić information content (AvgIpc) is 3.26. The van der Waals surface area contributed by atoms with Crippen molar-refractivity contribution in [2.75, 3.05) is 13.2 Å². The first-order chi connectivity index (χ1) is 9.65. The number of benzene rings is 1. The fourth-order valence-corrected chi connectivity index (χ4v) is 1.84. The van der Waals surface area contributed by atoms with E-state index in [1.165, 1.54) is 18.4 Å². The molecule has 1 aromatic rings. The Bertz CT molecular complexity index is 384. The Kier molecular flexibility index (Phi) is 5.86. The summed E-state index contributed by atoms with van der Waals surface area (Å²) < 4.78 is 11.4. The molecule has 2 rings (SSSR count). The van der Waals surface area contributed by atoms with Gasteiger partial charge in [0.1, 0.15) is 12.4 Å². The summed E-state index contributed by atoms with van der Waals surface area (Å²) in [7, 11) is 0. The quantitative estimate of drug-likeness (QED) is 0.702. The van der Waals surface area contributed by atoms with Gasteiger partial charge >= 0.3 is 0 Å². The second-order valence-electron chi connectivity index (χ2n) is 5.97. The molecule has 0 aromatic heterocycles. The van der Waals surface area contributed by atoms with Crippen LogP contribution in [-0.2, 0) is 11.3 Å². The van der Waals surface area contributed by atoms with Crippen molar-refractivity contribution in [2.24, 2.45) is 5.92 Å². The molecule has 1 aliphatic rings. The van der Waals surface area contributed by atoms with Crippen molar-refractivity contribution < 1.29 is 9.47 Å². The van der Waals surface area contributed by atoms with Crippen molar-refractivity contribution in [3.63, 3.8) is 0 Å². The van der Waals surface area contributed by atoms with Crippen LogP contribution < -0.4 is 10.1 Å². The molecule has 20 heavy (non-hydrogen) atoms. The van der Waals surface area contributed by atoms with E-state index >= 15 is 0 Å². The minimum atomic E-state index is 0.287. The summed E-state index contributed by atoms with van der Waals surface area (Å²) in [5, 5.41) is 3.51. The summed E-state index contributed by atoms with van der Waals surface area (Å²) in [5.74, 6) is 1.47. The maximum atomic E-state index is 5.69. The van der Waals surface area contributed by atoms with Crippen molar-refractivity contribution in [1.29, 1.82) is 0 Å². The first-order valence-electron chi connectivity index (χ1n) is 7.72. The predicted octanol–water partition coefficient (Wildman–Crippen LogP) is 3.38. The van der Waals surface area contributed by atoms with E-state index in [0.717, 1.165) is 18.3 Å². The van der Waals surface area contributed by atoms with Crippen molar-refractivity contribution >= 4 is 0 Å². The summed E-state index contributed by atoms with van der Waals surface area (Å²) in [6.07, 6.45) is 2.95. The Labute approximate surface area is 122 Å². The van der Waals surface area contributed by atoms with Crippen LogP contribution in [0.5, 0.6) is 5.75 Å². The van der Waals surface area contributed by atoms with Gasteiger partial charge in [-0.25, -0.2) is 0 Å². The topological polar surface area (TPSA) is 30.5 Å². The minimum Gasteiger partial charge on any atom is -0.491 e. The van der Waals surface area contributed by atoms with Crippen LogP contribution in [0.2, 0.25) is 0 Å². The second-order valence-corrected chi connectivity index (χ2v) is 5.97. The molecule has 0 amide bonds. The van der Waals surface area contributed by atoms with Gasteiger partial charge in [-0.1, -0.05) is 26.0 Å². The fraction of sp³-hybridized carbons (Fsp3) is 0.647. The van der Waals surface area contributed by atoms with Gasteiger partial charge in [0.2, 0.25) is 0 Å². The Morgan fingerprint density at radius 2 is 1.80 bits per heavy atom. The molecule has 112 valence electrons. The number of ether oxygens (including phenoxy) is 2. The molecule has 1 aliphatic carbocycles. The van der Waals surface area contributed by atoms with Crippen LogP contribution in [0, 0.1) is 5.92 Å². The van der Waals surface area contributed by atoms with E-state index in [-0.39, 0.29) is 6.10 Å². The molecular weight excluding hydrogens is 250 g/mol. The van der Waals surface area contributed by atoms with Crippen LogP contribution in [0.1, 0.15) is 39.2 Å². The third kappa shape index (κ3) is 5.51. The largest absolute Gasteiger partial charge is 0.491 e. The molecular formula is C17H27NO2. The monoisotopic (exact) mass is 277 g/mol. The first kappa shape index (κ1) is 15.3. The molecule has 3 nitrogen and oxygen atoms in total. The summed E-state index contributed by atoms with van der Waals surface area (Å²) in [6, 6.07) is 9.09. The molecule has 0 spiro atoms. The van der Waals surface area contributed by atoms with Gasteiger partial charge < -0.3 is 14.8 Å². The number of rotatable bonds is 9. The van der Waals surface area contributed by atoms with E-state index < -0.39 is 0 Å². The molecule has 3 heteroatoms. The molecule has 0 heterocycles. The van der Waals surface area contributed by atoms with Crippen molar-refractivity contribution in [3.05, 3.63) is 29.8 Å². The van der Waals surface area contributed by atoms with Crippen LogP contribution in [0.25, 0.3) is 0 Å². The highest BCUT2D eigenvalue weighted by Crippen LogP contribution is 2.20. The average molecular weight is 277 g/mol. The van der Waals surface area contributed by atoms with Gasteiger partial charge in [-0.3, -0.25) is 0 Å². The van der Waals surface area contributed by atoms with Gasteiger partial charge in [-0.15, -0.1) is 0 Å². The van der Waals surface area contributed by atoms with E-state index in [1.54, 1.807) is 0 Å². The van der Waals surface area contributed by atoms with Crippen LogP contribution >= 0.6 is 0 Å². The van der Waals surface area contributed by atoms with E-state index in [9.17, 15) is 0 Å². The van der Waals surface area contributed by atoms with Crippen LogP contribution in [-0.4, -0.2) is 25.4 Å². The van der Waals surface area contributed by atoms with E-state index in [1.807, 2.05) is 12.1 Å². The lowest BCUT2D eigenvalue weighted by atomic mass is 10.1. The van der Waals surface area contributed by atoms with Crippen LogP contribution in [0.3, 0.4) is 0 Å². The van der Waals surface area contributed by atoms with Gasteiger partial charge in [0.25, 0.3) is 0 Å². The van der Waals surface area contributed by atoms with E-state index in [0.29, 0.717) is 19.1 Å². The van der Waals surface area contributed by atoms with E-state index in [4.69, 9.17) is 9.47 Å². The summed E-state index contributed by atoms with van der Waals surface area (Å²) in [4.78, 5) is 0. The van der Waals surface area contributed by atoms with Crippen LogP contribution in [0.15, 0.2) is 24.3 Å². The maximum Gasteiger partial charge on any atom is 0.119 e. The minimum absolute atomic E-state index is 0.287. The third-order valence-corrected chi connectivity index (χ3v) is 3.77. The molecule has 0 bridgehead atoms. The third-order valence-electron chi connectivity index (χ3n) is 3.77. The highest BCUT2D eigenvalue weighted by molar-refractivity contribution is 5.27. The molecule has 1 fully saturated rings. The molecule has 0 radical (unpaired) electrons. The number of nitrogens with one attached hydrogen (secondary N) is 1. The summed E-state index contributed by atoms with van der Waals surface area (Å²) in [5.41, 5.74) is 1.31. The highest BCUT2D eigenvalue weighted by Gasteiger charge is 2.19. The van der Waals surface area contributed by atoms with Gasteiger partial charge in [0, 0.05) is 12.6 Å². The first-order valence-corrected chi connectivity index (χ1v) is 7.72. The molecule has 1 atom stereocenters. The van der Waals surface area contributed by atoms with Gasteiger partial charge in [0.15, 0.2) is 0 Å². The van der Waals surface area contributed by atoms with E-state index in [2.05, 4.69) is 38.2 Å². The molecule has 1 aromatic carbocycles. The smallest absolute Gasteiger partial charge is 0.119 e. The molecule has 0 aliphatic heterocycles. The van der Waals surface area contributed by atoms with Gasteiger partial charge in [0.05, 0.1) is 12.7 Å². The number of hydrogen-bond donors (Lipinski definition) is 1. The van der Waals surface area contributed by atoms with Crippen molar-refractivity contribution in [2.45, 2.75) is 52.3 Å². The predicted molar refractivity (Wildman–Crippen MR) is 82.1 cm³/mol. The molecule has 1 N–H and O–H groups in total. The Balaban J connectivity index is 1.62. The van der Waals surface area contributed by atoms with Gasteiger partial charge in [-0.2, -0.15) is 0 Å². The zero-order valence-corrected chi connectivity index (χ0v) is 12.9. The second kappa shape index (κ2) is 7.65. The summed E-state index contributed by atoms with van der Waals surface area (Å²) >= 11 is 0. The SMILES string of the molecule is CC(C)C(C)OCCOc1ccc(CNC2CC2)cc1. The molecule has 1 saturated carbocycles.